The van der Waals surface area contributed by atoms with Gasteiger partial charge in [0.1, 0.15) is 17.5 Å². The molecule has 0 fully saturated rings. The van der Waals surface area contributed by atoms with Gasteiger partial charge in [-0.3, -0.25) is 9.59 Å². The van der Waals surface area contributed by atoms with E-state index in [1.807, 2.05) is 0 Å². The molecule has 3 aromatic rings. The summed E-state index contributed by atoms with van der Waals surface area (Å²) >= 11 is 0. The van der Waals surface area contributed by atoms with Crippen molar-refractivity contribution >= 4 is 17.0 Å². The number of carbonyl (C=O) groups excluding carboxylic acids is 1. The molecular formula is C18H17F2N3O5. The number of alkyl halides is 2. The van der Waals surface area contributed by atoms with Gasteiger partial charge in [-0.05, 0) is 24.6 Å². The molecular weight excluding hydrogens is 376 g/mol. The first kappa shape index (κ1) is 19.3. The Kier molecular flexibility index (Phi) is 5.30. The Morgan fingerprint density at radius 3 is 2.79 bits per heavy atom. The lowest BCUT2D eigenvalue weighted by Gasteiger charge is -2.12. The van der Waals surface area contributed by atoms with Crippen molar-refractivity contribution in [2.75, 3.05) is 7.11 Å². The molecule has 0 atom stereocenters. The van der Waals surface area contributed by atoms with Gasteiger partial charge in [0.25, 0.3) is 11.5 Å². The van der Waals surface area contributed by atoms with E-state index in [1.54, 1.807) is 13.0 Å². The van der Waals surface area contributed by atoms with Crippen LogP contribution >= 0.6 is 0 Å². The first-order valence-electron chi connectivity index (χ1n) is 8.16. The number of rotatable bonds is 6. The van der Waals surface area contributed by atoms with Crippen molar-refractivity contribution in [2.45, 2.75) is 20.1 Å². The van der Waals surface area contributed by atoms with Gasteiger partial charge >= 0.3 is 6.61 Å². The van der Waals surface area contributed by atoms with Crippen molar-refractivity contribution in [1.29, 1.82) is 0 Å². The van der Waals surface area contributed by atoms with E-state index in [1.165, 1.54) is 37.2 Å². The molecule has 1 N–H and O–H groups in total. The van der Waals surface area contributed by atoms with Gasteiger partial charge in [0.2, 0.25) is 5.71 Å². The van der Waals surface area contributed by atoms with Crippen molar-refractivity contribution in [3.63, 3.8) is 0 Å². The summed E-state index contributed by atoms with van der Waals surface area (Å²) in [7, 11) is 2.84. The Balaban J connectivity index is 1.85. The van der Waals surface area contributed by atoms with Crippen molar-refractivity contribution in [3.8, 4) is 11.5 Å². The number of hydrogen-bond donors (Lipinski definition) is 1. The maximum Gasteiger partial charge on any atom is 0.387 e. The number of hydrogen-bond acceptors (Lipinski definition) is 6. The van der Waals surface area contributed by atoms with Crippen molar-refractivity contribution < 1.29 is 27.5 Å². The molecule has 0 spiro atoms. The van der Waals surface area contributed by atoms with E-state index in [0.29, 0.717) is 5.56 Å². The normalized spacial score (nSPS) is 11.1. The fraction of sp³-hybridized carbons (Fsp3) is 0.278. The topological polar surface area (TPSA) is 95.6 Å². The average Bonchev–Trinajstić information content (AvgIpc) is 2.99. The molecule has 148 valence electrons. The van der Waals surface area contributed by atoms with Crippen LogP contribution in [0.4, 0.5) is 8.78 Å². The lowest BCUT2D eigenvalue weighted by Crippen LogP contribution is -2.26. The number of nitrogens with one attached hydrogen (secondary N) is 1. The van der Waals surface area contributed by atoms with E-state index < -0.39 is 18.1 Å². The summed E-state index contributed by atoms with van der Waals surface area (Å²) in [6.45, 7) is -1.45. The van der Waals surface area contributed by atoms with Crippen LogP contribution in [-0.4, -0.2) is 29.2 Å². The monoisotopic (exact) mass is 393 g/mol. The SMILES string of the molecule is COc1ccc(CNC(=O)c2c(C)oc3ncn(C)c(=O)c23)cc1OC(F)F. The van der Waals surface area contributed by atoms with Crippen LogP contribution in [0.3, 0.4) is 0 Å². The fourth-order valence-electron chi connectivity index (χ4n) is 2.75. The molecule has 8 nitrogen and oxygen atoms in total. The Hall–Kier alpha value is -3.43. The molecule has 0 aliphatic rings. The second-order valence-corrected chi connectivity index (χ2v) is 5.92. The zero-order valence-corrected chi connectivity index (χ0v) is 15.3. The van der Waals surface area contributed by atoms with Crippen LogP contribution in [0.15, 0.2) is 33.7 Å². The summed E-state index contributed by atoms with van der Waals surface area (Å²) in [4.78, 5) is 29.0. The van der Waals surface area contributed by atoms with Gasteiger partial charge < -0.3 is 23.8 Å². The molecule has 3 rings (SSSR count). The van der Waals surface area contributed by atoms with Crippen LogP contribution in [0.2, 0.25) is 0 Å². The molecule has 0 bridgehead atoms. The molecule has 0 saturated carbocycles. The number of methoxy groups -OCH3 is 1. The molecule has 0 saturated heterocycles. The van der Waals surface area contributed by atoms with Crippen LogP contribution in [0.5, 0.6) is 11.5 Å². The van der Waals surface area contributed by atoms with Gasteiger partial charge in [0, 0.05) is 13.6 Å². The fourth-order valence-corrected chi connectivity index (χ4v) is 2.75. The van der Waals surface area contributed by atoms with Crippen LogP contribution in [0.1, 0.15) is 21.7 Å². The summed E-state index contributed by atoms with van der Waals surface area (Å²) in [6.07, 6.45) is 1.30. The summed E-state index contributed by atoms with van der Waals surface area (Å²) in [5, 5.41) is 2.72. The first-order valence-corrected chi connectivity index (χ1v) is 8.16. The summed E-state index contributed by atoms with van der Waals surface area (Å²) < 4.78 is 41.1. The van der Waals surface area contributed by atoms with Gasteiger partial charge in [0.05, 0.1) is 12.7 Å². The highest BCUT2D eigenvalue weighted by Crippen LogP contribution is 2.29. The van der Waals surface area contributed by atoms with Gasteiger partial charge in [-0.25, -0.2) is 4.98 Å². The maximum atomic E-state index is 12.6. The molecule has 2 aromatic heterocycles. The van der Waals surface area contributed by atoms with Crippen LogP contribution in [-0.2, 0) is 13.6 Å². The second-order valence-electron chi connectivity index (χ2n) is 5.92. The third-order valence-corrected chi connectivity index (χ3v) is 4.07. The summed E-state index contributed by atoms with van der Waals surface area (Å²) in [6, 6.07) is 4.39. The minimum Gasteiger partial charge on any atom is -0.493 e. The zero-order valence-electron chi connectivity index (χ0n) is 15.3. The number of carbonyl (C=O) groups is 1. The molecule has 0 unspecified atom stereocenters. The highest BCUT2D eigenvalue weighted by molar-refractivity contribution is 6.06. The Labute approximate surface area is 157 Å². The van der Waals surface area contributed by atoms with Crippen LogP contribution < -0.4 is 20.3 Å². The average molecular weight is 393 g/mol. The number of nitrogens with zero attached hydrogens (tertiary/aromatic N) is 2. The smallest absolute Gasteiger partial charge is 0.387 e. The van der Waals surface area contributed by atoms with E-state index in [-0.39, 0.29) is 40.5 Å². The second kappa shape index (κ2) is 7.67. The molecule has 10 heteroatoms. The van der Waals surface area contributed by atoms with Gasteiger partial charge in [-0.2, -0.15) is 8.78 Å². The highest BCUT2D eigenvalue weighted by Gasteiger charge is 2.22. The Morgan fingerprint density at radius 1 is 1.36 bits per heavy atom. The minimum absolute atomic E-state index is 0.00904. The number of fused-ring (bicyclic) bond motifs is 1. The third kappa shape index (κ3) is 3.66. The van der Waals surface area contributed by atoms with Crippen LogP contribution in [0, 0.1) is 6.92 Å². The predicted molar refractivity (Wildman–Crippen MR) is 94.8 cm³/mol. The van der Waals surface area contributed by atoms with Gasteiger partial charge in [0.15, 0.2) is 11.5 Å². The molecule has 2 heterocycles. The number of aryl methyl sites for hydroxylation is 2. The van der Waals surface area contributed by atoms with Crippen molar-refractivity contribution in [2.24, 2.45) is 7.05 Å². The molecule has 1 amide bonds. The van der Waals surface area contributed by atoms with E-state index >= 15 is 0 Å². The zero-order chi connectivity index (χ0) is 20.4. The molecule has 1 aromatic carbocycles. The standard InChI is InChI=1S/C18H17F2N3O5/c1-9-13(14-16(27-9)22-8-23(2)17(14)25)15(24)21-7-10-4-5-11(26-3)12(6-10)28-18(19)20/h4-6,8,18H,7H2,1-3H3,(H,21,24). The van der Waals surface area contributed by atoms with E-state index in [4.69, 9.17) is 9.15 Å². The minimum atomic E-state index is -3.01. The number of furan rings is 1. The van der Waals surface area contributed by atoms with Crippen molar-refractivity contribution in [3.05, 3.63) is 51.8 Å². The highest BCUT2D eigenvalue weighted by atomic mass is 19.3. The number of halogens is 2. The van der Waals surface area contributed by atoms with Gasteiger partial charge in [-0.1, -0.05) is 6.07 Å². The molecule has 0 aliphatic heterocycles. The van der Waals surface area contributed by atoms with Gasteiger partial charge in [-0.15, -0.1) is 0 Å². The molecule has 0 aliphatic carbocycles. The Bertz CT molecular complexity index is 1090. The maximum absolute atomic E-state index is 12.6. The van der Waals surface area contributed by atoms with Crippen molar-refractivity contribution in [1.82, 2.24) is 14.9 Å². The number of ether oxygens (including phenoxy) is 2. The predicted octanol–water partition coefficient (Wildman–Crippen LogP) is 2.37. The lowest BCUT2D eigenvalue weighted by atomic mass is 10.1. The lowest BCUT2D eigenvalue weighted by molar-refractivity contribution is -0.0512. The Morgan fingerprint density at radius 2 is 2.11 bits per heavy atom. The molecule has 0 radical (unpaired) electrons. The number of amides is 1. The van der Waals surface area contributed by atoms with E-state index in [2.05, 4.69) is 15.0 Å². The third-order valence-electron chi connectivity index (χ3n) is 4.07. The number of aromatic nitrogens is 2. The van der Waals surface area contributed by atoms with E-state index in [9.17, 15) is 18.4 Å². The molecule has 28 heavy (non-hydrogen) atoms. The first-order chi connectivity index (χ1) is 13.3. The van der Waals surface area contributed by atoms with Crippen LogP contribution in [0.25, 0.3) is 11.1 Å². The van der Waals surface area contributed by atoms with E-state index in [0.717, 1.165) is 0 Å². The largest absolute Gasteiger partial charge is 0.493 e. The number of benzene rings is 1. The summed E-state index contributed by atoms with van der Waals surface area (Å²) in [5.41, 5.74) is 0.245. The summed E-state index contributed by atoms with van der Waals surface area (Å²) in [5.74, 6) is -0.304. The quantitative estimate of drug-likeness (QED) is 0.691.